The molecule has 9 heteroatoms. The van der Waals surface area contributed by atoms with Crippen molar-refractivity contribution in [3.8, 4) is 0 Å². The van der Waals surface area contributed by atoms with E-state index >= 15 is 0 Å². The Kier molecular flexibility index (Phi) is 4.44. The van der Waals surface area contributed by atoms with Crippen LogP contribution in [0.25, 0.3) is 0 Å². The smallest absolute Gasteiger partial charge is 0.366 e. The van der Waals surface area contributed by atoms with E-state index in [-0.39, 0.29) is 5.69 Å². The molecule has 1 aromatic carbocycles. The summed E-state index contributed by atoms with van der Waals surface area (Å²) in [5.74, 6) is 0. The van der Waals surface area contributed by atoms with E-state index in [2.05, 4.69) is 0 Å². The zero-order chi connectivity index (χ0) is 18.6. The maximum atomic E-state index is 13.3. The number of halogens is 3. The molecule has 1 saturated heterocycles. The van der Waals surface area contributed by atoms with Gasteiger partial charge in [0.25, 0.3) is 0 Å². The van der Waals surface area contributed by atoms with Crippen molar-refractivity contribution in [2.45, 2.75) is 50.0 Å². The summed E-state index contributed by atoms with van der Waals surface area (Å²) in [6.07, 6.45) is -4.82. The molecule has 1 fully saturated rings. The van der Waals surface area contributed by atoms with Crippen molar-refractivity contribution in [1.82, 2.24) is 0 Å². The zero-order valence-electron chi connectivity index (χ0n) is 13.9. The van der Waals surface area contributed by atoms with Crippen molar-refractivity contribution in [3.63, 3.8) is 0 Å². The molecule has 0 amide bonds. The Morgan fingerprint density at radius 3 is 2.04 bits per heavy atom. The van der Waals surface area contributed by atoms with E-state index in [1.54, 1.807) is 4.90 Å². The second kappa shape index (κ2) is 5.60. The summed E-state index contributed by atoms with van der Waals surface area (Å²) in [5.41, 5.74) is -2.10. The van der Waals surface area contributed by atoms with Gasteiger partial charge in [0.05, 0.1) is 21.7 Å². The number of benzene rings is 1. The predicted molar refractivity (Wildman–Crippen MR) is 84.3 cm³/mol. The van der Waals surface area contributed by atoms with Crippen LogP contribution in [-0.4, -0.2) is 32.7 Å². The molecule has 0 atom stereocenters. The molecule has 5 nitrogen and oxygen atoms in total. The van der Waals surface area contributed by atoms with Gasteiger partial charge in [0.2, 0.25) is 10.0 Å². The van der Waals surface area contributed by atoms with Crippen LogP contribution in [0.15, 0.2) is 23.1 Å². The molecule has 2 rings (SSSR count). The molecule has 0 bridgehead atoms. The first-order valence-corrected chi connectivity index (χ1v) is 8.85. The summed E-state index contributed by atoms with van der Waals surface area (Å²) in [6.45, 7) is 8.16. The van der Waals surface area contributed by atoms with Crippen molar-refractivity contribution >= 4 is 15.7 Å². The van der Waals surface area contributed by atoms with E-state index < -0.39 is 37.9 Å². The minimum atomic E-state index is -4.82. The Labute approximate surface area is 139 Å². The SMILES string of the molecule is CC1(C)CN(c2ccc(S(N)(=O)=O)c(C(F)(F)F)c2)CC(C)(C)O1. The molecule has 0 unspecified atom stereocenters. The number of primary sulfonamides is 1. The molecule has 0 aliphatic carbocycles. The quantitative estimate of drug-likeness (QED) is 0.874. The van der Waals surface area contributed by atoms with Crippen LogP contribution in [0.2, 0.25) is 0 Å². The van der Waals surface area contributed by atoms with E-state index in [9.17, 15) is 21.6 Å². The number of hydrogen-bond donors (Lipinski definition) is 1. The van der Waals surface area contributed by atoms with Gasteiger partial charge in [-0.25, -0.2) is 13.6 Å². The highest BCUT2D eigenvalue weighted by atomic mass is 32.2. The van der Waals surface area contributed by atoms with Crippen LogP contribution in [0, 0.1) is 0 Å². The highest BCUT2D eigenvalue weighted by Crippen LogP contribution is 2.38. The number of nitrogens with zero attached hydrogens (tertiary/aromatic N) is 1. The molecule has 0 spiro atoms. The number of nitrogens with two attached hydrogens (primary N) is 1. The van der Waals surface area contributed by atoms with Crippen molar-refractivity contribution < 1.29 is 26.3 Å². The molecule has 24 heavy (non-hydrogen) atoms. The van der Waals surface area contributed by atoms with Crippen LogP contribution in [-0.2, 0) is 20.9 Å². The molecule has 1 aromatic rings. The van der Waals surface area contributed by atoms with E-state index in [1.165, 1.54) is 6.07 Å². The summed E-state index contributed by atoms with van der Waals surface area (Å²) < 4.78 is 68.6. The van der Waals surface area contributed by atoms with Gasteiger partial charge in [-0.15, -0.1) is 0 Å². The van der Waals surface area contributed by atoms with Gasteiger partial charge in [-0.2, -0.15) is 13.2 Å². The Balaban J connectivity index is 2.53. The van der Waals surface area contributed by atoms with Crippen LogP contribution >= 0.6 is 0 Å². The van der Waals surface area contributed by atoms with Gasteiger partial charge < -0.3 is 9.64 Å². The van der Waals surface area contributed by atoms with E-state index in [4.69, 9.17) is 9.88 Å². The molecule has 0 saturated carbocycles. The van der Waals surface area contributed by atoms with Crippen molar-refractivity contribution in [2.75, 3.05) is 18.0 Å². The van der Waals surface area contributed by atoms with Gasteiger partial charge in [0.1, 0.15) is 0 Å². The van der Waals surface area contributed by atoms with E-state index in [1.807, 2.05) is 27.7 Å². The number of sulfonamides is 1. The third-order valence-electron chi connectivity index (χ3n) is 3.64. The molecule has 0 radical (unpaired) electrons. The largest absolute Gasteiger partial charge is 0.417 e. The number of morpholine rings is 1. The molecule has 136 valence electrons. The van der Waals surface area contributed by atoms with Gasteiger partial charge in [-0.3, -0.25) is 0 Å². The van der Waals surface area contributed by atoms with Gasteiger partial charge in [0.15, 0.2) is 0 Å². The molecular weight excluding hydrogens is 345 g/mol. The topological polar surface area (TPSA) is 72.6 Å². The lowest BCUT2D eigenvalue weighted by Gasteiger charge is -2.48. The number of anilines is 1. The fourth-order valence-corrected chi connectivity index (χ4v) is 3.89. The molecular formula is C15H21F3N2O3S. The third-order valence-corrected chi connectivity index (χ3v) is 4.61. The maximum Gasteiger partial charge on any atom is 0.417 e. The lowest BCUT2D eigenvalue weighted by atomic mass is 9.98. The fraction of sp³-hybridized carbons (Fsp3) is 0.600. The van der Waals surface area contributed by atoms with Crippen LogP contribution in [0.4, 0.5) is 18.9 Å². The Morgan fingerprint density at radius 1 is 1.12 bits per heavy atom. The normalized spacial score (nSPS) is 20.9. The Hall–Kier alpha value is -1.32. The highest BCUT2D eigenvalue weighted by molar-refractivity contribution is 7.89. The van der Waals surface area contributed by atoms with Crippen molar-refractivity contribution in [3.05, 3.63) is 23.8 Å². The molecule has 0 aromatic heterocycles. The van der Waals surface area contributed by atoms with Gasteiger partial charge in [0, 0.05) is 18.8 Å². The molecule has 1 aliphatic heterocycles. The minimum absolute atomic E-state index is 0.277. The first-order chi connectivity index (χ1) is 10.6. The van der Waals surface area contributed by atoms with E-state index in [0.29, 0.717) is 13.1 Å². The average molecular weight is 366 g/mol. The molecule has 1 heterocycles. The maximum absolute atomic E-state index is 13.3. The minimum Gasteiger partial charge on any atom is -0.366 e. The van der Waals surface area contributed by atoms with Crippen LogP contribution in [0.3, 0.4) is 0 Å². The first-order valence-electron chi connectivity index (χ1n) is 7.30. The summed E-state index contributed by atoms with van der Waals surface area (Å²) in [5, 5.41) is 4.91. The summed E-state index contributed by atoms with van der Waals surface area (Å²) in [7, 11) is -4.47. The lowest BCUT2D eigenvalue weighted by molar-refractivity contribution is -0.139. The summed E-state index contributed by atoms with van der Waals surface area (Å²) in [6, 6.07) is 3.08. The van der Waals surface area contributed by atoms with Crippen molar-refractivity contribution in [2.24, 2.45) is 5.14 Å². The van der Waals surface area contributed by atoms with Crippen LogP contribution in [0.1, 0.15) is 33.3 Å². The van der Waals surface area contributed by atoms with Gasteiger partial charge >= 0.3 is 6.18 Å². The lowest BCUT2D eigenvalue weighted by Crippen LogP contribution is -2.57. The third kappa shape index (κ3) is 4.20. The highest BCUT2D eigenvalue weighted by Gasteiger charge is 2.40. The number of rotatable bonds is 2. The zero-order valence-corrected chi connectivity index (χ0v) is 14.8. The first kappa shape index (κ1) is 19.0. The van der Waals surface area contributed by atoms with Gasteiger partial charge in [-0.1, -0.05) is 0 Å². The van der Waals surface area contributed by atoms with E-state index in [0.717, 1.165) is 12.1 Å². The van der Waals surface area contributed by atoms with Crippen LogP contribution < -0.4 is 10.0 Å². The fourth-order valence-electron chi connectivity index (χ4n) is 3.15. The second-order valence-electron chi connectivity index (χ2n) is 7.20. The molecule has 1 aliphatic rings. The standard InChI is InChI=1S/C15H21F3N2O3S/c1-13(2)8-20(9-14(3,4)23-13)10-5-6-12(24(19,21)22)11(7-10)15(16,17)18/h5-7H,8-9H2,1-4H3,(H2,19,21,22). The van der Waals surface area contributed by atoms with Crippen molar-refractivity contribution in [1.29, 1.82) is 0 Å². The number of hydrogen-bond acceptors (Lipinski definition) is 4. The summed E-state index contributed by atoms with van der Waals surface area (Å²) >= 11 is 0. The number of ether oxygens (including phenoxy) is 1. The predicted octanol–water partition coefficient (Wildman–Crippen LogP) is 2.75. The average Bonchev–Trinajstić information content (AvgIpc) is 2.32. The Morgan fingerprint density at radius 2 is 1.62 bits per heavy atom. The van der Waals surface area contributed by atoms with Gasteiger partial charge in [-0.05, 0) is 45.9 Å². The Bertz CT molecular complexity index is 727. The van der Waals surface area contributed by atoms with Crippen LogP contribution in [0.5, 0.6) is 0 Å². The number of alkyl halides is 3. The molecule has 2 N–H and O–H groups in total. The summed E-state index contributed by atoms with van der Waals surface area (Å²) in [4.78, 5) is 0.830. The monoisotopic (exact) mass is 366 g/mol. The second-order valence-corrected chi connectivity index (χ2v) is 8.73.